The zero-order valence-corrected chi connectivity index (χ0v) is 16.7. The maximum Gasteiger partial charge on any atom is 0.225 e. The second kappa shape index (κ2) is 9.01. The topological polar surface area (TPSA) is 88.1 Å². The maximum atomic E-state index is 12.7. The molecule has 1 aliphatic rings. The van der Waals surface area contributed by atoms with E-state index in [1.807, 2.05) is 57.6 Å². The monoisotopic (exact) mass is 383 g/mol. The zero-order chi connectivity index (χ0) is 20.1. The van der Waals surface area contributed by atoms with Gasteiger partial charge in [0, 0.05) is 50.9 Å². The number of amides is 2. The van der Waals surface area contributed by atoms with Crippen molar-refractivity contribution in [2.45, 2.75) is 32.7 Å². The van der Waals surface area contributed by atoms with E-state index >= 15 is 0 Å². The fraction of sp³-hybridized carbons (Fsp3) is 0.476. The summed E-state index contributed by atoms with van der Waals surface area (Å²) in [6.07, 6.45) is 4.30. The number of nitrogens with one attached hydrogen (secondary N) is 3. The van der Waals surface area contributed by atoms with Gasteiger partial charge < -0.3 is 16.0 Å². The van der Waals surface area contributed by atoms with Gasteiger partial charge in [-0.2, -0.15) is 5.10 Å². The van der Waals surface area contributed by atoms with Gasteiger partial charge in [0.05, 0.1) is 12.1 Å². The summed E-state index contributed by atoms with van der Waals surface area (Å²) in [5, 5.41) is 13.5. The van der Waals surface area contributed by atoms with Crippen LogP contribution in [0.2, 0.25) is 0 Å². The van der Waals surface area contributed by atoms with Crippen molar-refractivity contribution in [1.82, 2.24) is 20.4 Å². The van der Waals surface area contributed by atoms with E-state index in [0.29, 0.717) is 25.4 Å². The Morgan fingerprint density at radius 3 is 2.86 bits per heavy atom. The van der Waals surface area contributed by atoms with Crippen LogP contribution in [0.1, 0.15) is 37.3 Å². The molecule has 1 aromatic heterocycles. The third kappa shape index (κ3) is 5.19. The fourth-order valence-corrected chi connectivity index (χ4v) is 3.60. The Hall–Kier alpha value is -2.67. The zero-order valence-electron chi connectivity index (χ0n) is 16.7. The van der Waals surface area contributed by atoms with Crippen LogP contribution < -0.4 is 16.0 Å². The average molecular weight is 383 g/mol. The molecular weight excluding hydrogens is 354 g/mol. The molecule has 2 aromatic rings. The first-order chi connectivity index (χ1) is 13.4. The van der Waals surface area contributed by atoms with Crippen LogP contribution in [-0.4, -0.2) is 34.7 Å². The third-order valence-electron chi connectivity index (χ3n) is 4.98. The smallest absolute Gasteiger partial charge is 0.225 e. The van der Waals surface area contributed by atoms with Crippen LogP contribution in [0.4, 0.5) is 5.69 Å². The molecule has 28 heavy (non-hydrogen) atoms. The lowest BCUT2D eigenvalue weighted by molar-refractivity contribution is -0.125. The van der Waals surface area contributed by atoms with Gasteiger partial charge in [-0.15, -0.1) is 0 Å². The molecule has 0 aliphatic carbocycles. The SMILES string of the molecule is CC(C)CC(=O)Nc1cccc(CNC(=O)[C@H]2CNC[C@@H]2c2cnn(C)c2)c1. The second-order valence-electron chi connectivity index (χ2n) is 7.88. The number of rotatable bonds is 7. The van der Waals surface area contributed by atoms with Crippen LogP contribution in [-0.2, 0) is 23.2 Å². The van der Waals surface area contributed by atoms with E-state index in [9.17, 15) is 9.59 Å². The summed E-state index contributed by atoms with van der Waals surface area (Å²) < 4.78 is 1.77. The van der Waals surface area contributed by atoms with Gasteiger partial charge in [-0.25, -0.2) is 0 Å². The number of hydrogen-bond acceptors (Lipinski definition) is 4. The molecule has 7 nitrogen and oxygen atoms in total. The highest BCUT2D eigenvalue weighted by molar-refractivity contribution is 5.90. The number of aromatic nitrogens is 2. The quantitative estimate of drug-likeness (QED) is 0.683. The summed E-state index contributed by atoms with van der Waals surface area (Å²) >= 11 is 0. The number of anilines is 1. The minimum atomic E-state index is -0.113. The molecule has 7 heteroatoms. The molecule has 1 saturated heterocycles. The van der Waals surface area contributed by atoms with Gasteiger partial charge in [-0.1, -0.05) is 26.0 Å². The molecule has 1 aliphatic heterocycles. The highest BCUT2D eigenvalue weighted by Crippen LogP contribution is 2.28. The lowest BCUT2D eigenvalue weighted by atomic mass is 9.90. The molecule has 1 aromatic carbocycles. The summed E-state index contributed by atoms with van der Waals surface area (Å²) in [5.41, 5.74) is 2.80. The van der Waals surface area contributed by atoms with E-state index in [-0.39, 0.29) is 23.7 Å². The number of carbonyl (C=O) groups excluding carboxylic acids is 2. The Labute approximate surface area is 165 Å². The minimum Gasteiger partial charge on any atom is -0.352 e. The summed E-state index contributed by atoms with van der Waals surface area (Å²) in [4.78, 5) is 24.7. The predicted octanol–water partition coefficient (Wildman–Crippen LogP) is 2.02. The number of carbonyl (C=O) groups is 2. The van der Waals surface area contributed by atoms with Crippen molar-refractivity contribution in [3.05, 3.63) is 47.8 Å². The Balaban J connectivity index is 1.57. The lowest BCUT2D eigenvalue weighted by Crippen LogP contribution is -2.34. The van der Waals surface area contributed by atoms with Gasteiger partial charge in [0.1, 0.15) is 0 Å². The van der Waals surface area contributed by atoms with Crippen molar-refractivity contribution in [3.63, 3.8) is 0 Å². The van der Waals surface area contributed by atoms with E-state index in [2.05, 4.69) is 21.0 Å². The molecule has 0 unspecified atom stereocenters. The molecule has 3 rings (SSSR count). The fourth-order valence-electron chi connectivity index (χ4n) is 3.60. The first kappa shape index (κ1) is 20.1. The molecule has 0 spiro atoms. The first-order valence-corrected chi connectivity index (χ1v) is 9.78. The normalized spacial score (nSPS) is 19.0. The van der Waals surface area contributed by atoms with Crippen molar-refractivity contribution in [1.29, 1.82) is 0 Å². The summed E-state index contributed by atoms with van der Waals surface area (Å²) in [5.74, 6) is 0.379. The van der Waals surface area contributed by atoms with Gasteiger partial charge >= 0.3 is 0 Å². The Morgan fingerprint density at radius 2 is 2.14 bits per heavy atom. The van der Waals surface area contributed by atoms with Crippen molar-refractivity contribution in [2.24, 2.45) is 18.9 Å². The third-order valence-corrected chi connectivity index (χ3v) is 4.98. The lowest BCUT2D eigenvalue weighted by Gasteiger charge is -2.17. The summed E-state index contributed by atoms with van der Waals surface area (Å²) in [6, 6.07) is 7.61. The van der Waals surface area contributed by atoms with Crippen LogP contribution >= 0.6 is 0 Å². The molecule has 2 heterocycles. The van der Waals surface area contributed by atoms with Gasteiger partial charge in [-0.05, 0) is 29.2 Å². The van der Waals surface area contributed by atoms with Crippen molar-refractivity contribution in [3.8, 4) is 0 Å². The molecular formula is C21H29N5O2. The van der Waals surface area contributed by atoms with E-state index in [1.165, 1.54) is 0 Å². The van der Waals surface area contributed by atoms with Crippen LogP contribution in [0.3, 0.4) is 0 Å². The molecule has 1 fully saturated rings. The largest absolute Gasteiger partial charge is 0.352 e. The molecule has 2 amide bonds. The number of aryl methyl sites for hydroxylation is 1. The Bertz CT molecular complexity index is 830. The van der Waals surface area contributed by atoms with Crippen molar-refractivity contribution in [2.75, 3.05) is 18.4 Å². The highest BCUT2D eigenvalue weighted by Gasteiger charge is 2.34. The molecule has 0 saturated carbocycles. The molecule has 3 N–H and O–H groups in total. The van der Waals surface area contributed by atoms with Crippen molar-refractivity contribution >= 4 is 17.5 Å². The molecule has 150 valence electrons. The van der Waals surface area contributed by atoms with Crippen LogP contribution in [0.15, 0.2) is 36.7 Å². The van der Waals surface area contributed by atoms with E-state index in [4.69, 9.17) is 0 Å². The van der Waals surface area contributed by atoms with E-state index in [1.54, 1.807) is 4.68 Å². The van der Waals surface area contributed by atoms with Crippen molar-refractivity contribution < 1.29 is 9.59 Å². The van der Waals surface area contributed by atoms with Gasteiger partial charge in [0.25, 0.3) is 0 Å². The molecule has 0 bridgehead atoms. The first-order valence-electron chi connectivity index (χ1n) is 9.78. The number of hydrogen-bond donors (Lipinski definition) is 3. The number of benzene rings is 1. The molecule has 2 atom stereocenters. The Morgan fingerprint density at radius 1 is 1.32 bits per heavy atom. The summed E-state index contributed by atoms with van der Waals surface area (Å²) in [6.45, 7) is 5.91. The molecule has 0 radical (unpaired) electrons. The van der Waals surface area contributed by atoms with Gasteiger partial charge in [0.2, 0.25) is 11.8 Å². The average Bonchev–Trinajstić information content (AvgIpc) is 3.28. The van der Waals surface area contributed by atoms with Gasteiger partial charge in [0.15, 0.2) is 0 Å². The van der Waals surface area contributed by atoms with E-state index < -0.39 is 0 Å². The number of nitrogens with zero attached hydrogens (tertiary/aromatic N) is 2. The Kier molecular flexibility index (Phi) is 6.46. The van der Waals surface area contributed by atoms with Crippen LogP contribution in [0.5, 0.6) is 0 Å². The minimum absolute atomic E-state index is 0.00697. The maximum absolute atomic E-state index is 12.7. The highest BCUT2D eigenvalue weighted by atomic mass is 16.2. The van der Waals surface area contributed by atoms with Crippen LogP contribution in [0, 0.1) is 11.8 Å². The van der Waals surface area contributed by atoms with Gasteiger partial charge in [-0.3, -0.25) is 14.3 Å². The standard InChI is InChI=1S/C21H29N5O2/c1-14(2)7-20(27)25-17-6-4-5-15(8-17)9-23-21(28)19-12-22-11-18(19)16-10-24-26(3)13-16/h4-6,8,10,13-14,18-19,22H,7,9,11-12H2,1-3H3,(H,23,28)(H,25,27)/t18-,19+/m1/s1. The predicted molar refractivity (Wildman–Crippen MR) is 109 cm³/mol. The van der Waals surface area contributed by atoms with Crippen LogP contribution in [0.25, 0.3) is 0 Å². The van der Waals surface area contributed by atoms with E-state index in [0.717, 1.165) is 23.4 Å². The second-order valence-corrected chi connectivity index (χ2v) is 7.88. The summed E-state index contributed by atoms with van der Waals surface area (Å²) in [7, 11) is 1.88.